The van der Waals surface area contributed by atoms with E-state index in [9.17, 15) is 4.79 Å². The number of nitrogens with two attached hydrogens (primary N) is 1. The van der Waals surface area contributed by atoms with Crippen LogP contribution in [0, 0.1) is 11.8 Å². The van der Waals surface area contributed by atoms with Gasteiger partial charge in [-0.3, -0.25) is 4.79 Å². The highest BCUT2D eigenvalue weighted by Crippen LogP contribution is 2.32. The van der Waals surface area contributed by atoms with Crippen LogP contribution in [0.4, 0.5) is 5.69 Å². The molecule has 0 saturated carbocycles. The minimum Gasteiger partial charge on any atom is -0.397 e. The second kappa shape index (κ2) is 6.29. The van der Waals surface area contributed by atoms with Gasteiger partial charge in [-0.05, 0) is 19.8 Å². The maximum absolute atomic E-state index is 12.5. The monoisotopic (exact) mass is 311 g/mol. The van der Waals surface area contributed by atoms with E-state index in [-0.39, 0.29) is 5.91 Å². The molecule has 23 heavy (non-hydrogen) atoms. The number of hydrogen-bond acceptors (Lipinski definition) is 4. The first kappa shape index (κ1) is 15.3. The molecule has 1 aliphatic heterocycles. The Hall–Kier alpha value is -2.55. The maximum Gasteiger partial charge on any atom is 0.258 e. The number of pyridine rings is 1. The zero-order valence-electron chi connectivity index (χ0n) is 13.6. The predicted molar refractivity (Wildman–Crippen MR) is 89.7 cm³/mol. The topological polar surface area (TPSA) is 77.0 Å². The number of nitrogen functional groups attached to an aromatic ring is 1. The lowest BCUT2D eigenvalue weighted by Gasteiger charge is -2.13. The predicted octanol–water partition coefficient (Wildman–Crippen LogP) is 2.18. The summed E-state index contributed by atoms with van der Waals surface area (Å²) in [5.74, 6) is 5.93. The molecule has 0 unspecified atom stereocenters. The number of hydrogen-bond donors (Lipinski definition) is 1. The first-order valence-electron chi connectivity index (χ1n) is 8.00. The quantitative estimate of drug-likeness (QED) is 0.678. The normalized spacial score (nSPS) is 13.3. The third kappa shape index (κ3) is 2.63. The molecule has 3 heterocycles. The lowest BCUT2D eigenvalue weighted by atomic mass is 10.1. The van der Waals surface area contributed by atoms with E-state index in [1.165, 1.54) is 0 Å². The van der Waals surface area contributed by atoms with Crippen molar-refractivity contribution in [3.05, 3.63) is 17.5 Å². The van der Waals surface area contributed by atoms with Crippen LogP contribution in [0.2, 0.25) is 0 Å². The molecule has 0 aliphatic carbocycles. The summed E-state index contributed by atoms with van der Waals surface area (Å²) in [5, 5.41) is 5.14. The summed E-state index contributed by atoms with van der Waals surface area (Å²) >= 11 is 0. The van der Waals surface area contributed by atoms with Crippen LogP contribution in [-0.4, -0.2) is 32.1 Å². The van der Waals surface area contributed by atoms with Gasteiger partial charge in [0.05, 0.1) is 35.1 Å². The molecule has 0 aromatic carbocycles. The highest BCUT2D eigenvalue weighted by Gasteiger charge is 2.32. The Balaban J connectivity index is 1.94. The molecule has 3 rings (SSSR count). The first-order valence-corrected chi connectivity index (χ1v) is 8.00. The van der Waals surface area contributed by atoms with Gasteiger partial charge in [0, 0.05) is 19.5 Å². The van der Waals surface area contributed by atoms with Crippen molar-refractivity contribution in [3.8, 4) is 11.8 Å². The SMILES string of the molecule is CC#CCCCn1ncc2c(N)c3c(nc21)CN(CCC)C3=O. The van der Waals surface area contributed by atoms with E-state index in [4.69, 9.17) is 5.73 Å². The van der Waals surface area contributed by atoms with Gasteiger partial charge in [0.1, 0.15) is 0 Å². The molecular weight excluding hydrogens is 290 g/mol. The van der Waals surface area contributed by atoms with Crippen LogP contribution >= 0.6 is 0 Å². The van der Waals surface area contributed by atoms with E-state index in [1.54, 1.807) is 6.20 Å². The van der Waals surface area contributed by atoms with Crippen molar-refractivity contribution in [2.75, 3.05) is 12.3 Å². The van der Waals surface area contributed by atoms with Gasteiger partial charge in [0.25, 0.3) is 5.91 Å². The summed E-state index contributed by atoms with van der Waals surface area (Å²) < 4.78 is 1.86. The molecule has 1 aliphatic rings. The van der Waals surface area contributed by atoms with E-state index in [0.29, 0.717) is 17.8 Å². The Morgan fingerprint density at radius 1 is 1.39 bits per heavy atom. The number of amides is 1. The fourth-order valence-corrected chi connectivity index (χ4v) is 2.98. The number of aromatic nitrogens is 3. The summed E-state index contributed by atoms with van der Waals surface area (Å²) in [4.78, 5) is 19.0. The molecule has 120 valence electrons. The fourth-order valence-electron chi connectivity index (χ4n) is 2.98. The fraction of sp³-hybridized carbons (Fsp3) is 0.471. The van der Waals surface area contributed by atoms with Crippen LogP contribution in [0.1, 0.15) is 49.2 Å². The van der Waals surface area contributed by atoms with Crippen molar-refractivity contribution in [2.45, 2.75) is 46.2 Å². The second-order valence-electron chi connectivity index (χ2n) is 5.71. The molecule has 6 heteroatoms. The van der Waals surface area contributed by atoms with Crippen molar-refractivity contribution in [1.29, 1.82) is 0 Å². The van der Waals surface area contributed by atoms with Gasteiger partial charge in [-0.2, -0.15) is 5.10 Å². The van der Waals surface area contributed by atoms with Gasteiger partial charge < -0.3 is 10.6 Å². The Bertz CT molecular complexity index is 812. The van der Waals surface area contributed by atoms with Crippen molar-refractivity contribution in [2.24, 2.45) is 0 Å². The third-order valence-electron chi connectivity index (χ3n) is 4.08. The van der Waals surface area contributed by atoms with Crippen LogP contribution < -0.4 is 5.73 Å². The molecule has 0 saturated heterocycles. The average molecular weight is 311 g/mol. The number of unbranched alkanes of at least 4 members (excludes halogenated alkanes) is 1. The second-order valence-corrected chi connectivity index (χ2v) is 5.71. The highest BCUT2D eigenvalue weighted by molar-refractivity contribution is 6.08. The number of nitrogens with zero attached hydrogens (tertiary/aromatic N) is 4. The molecule has 0 radical (unpaired) electrons. The maximum atomic E-state index is 12.5. The lowest BCUT2D eigenvalue weighted by molar-refractivity contribution is 0.0779. The smallest absolute Gasteiger partial charge is 0.258 e. The van der Waals surface area contributed by atoms with Gasteiger partial charge in [-0.1, -0.05) is 6.92 Å². The largest absolute Gasteiger partial charge is 0.397 e. The van der Waals surface area contributed by atoms with Gasteiger partial charge >= 0.3 is 0 Å². The summed E-state index contributed by atoms with van der Waals surface area (Å²) in [5.41, 5.74) is 8.84. The van der Waals surface area contributed by atoms with E-state index in [1.807, 2.05) is 16.5 Å². The zero-order chi connectivity index (χ0) is 16.4. The number of anilines is 1. The molecule has 0 spiro atoms. The van der Waals surface area contributed by atoms with Gasteiger partial charge in [0.2, 0.25) is 0 Å². The van der Waals surface area contributed by atoms with Crippen molar-refractivity contribution in [1.82, 2.24) is 19.7 Å². The van der Waals surface area contributed by atoms with Crippen LogP contribution in [-0.2, 0) is 13.1 Å². The molecule has 0 fully saturated rings. The van der Waals surface area contributed by atoms with Crippen LogP contribution in [0.15, 0.2) is 6.20 Å². The summed E-state index contributed by atoms with van der Waals surface area (Å²) in [6.07, 6.45) is 4.38. The minimum absolute atomic E-state index is 0.0141. The minimum atomic E-state index is -0.0141. The Kier molecular flexibility index (Phi) is 4.20. The van der Waals surface area contributed by atoms with E-state index >= 15 is 0 Å². The van der Waals surface area contributed by atoms with Crippen LogP contribution in [0.3, 0.4) is 0 Å². The molecule has 0 bridgehead atoms. The Labute approximate surface area is 135 Å². The molecular formula is C17H21N5O. The number of aryl methyl sites for hydroxylation is 1. The van der Waals surface area contributed by atoms with E-state index in [0.717, 1.165) is 49.1 Å². The molecule has 2 N–H and O–H groups in total. The van der Waals surface area contributed by atoms with Crippen molar-refractivity contribution >= 4 is 22.6 Å². The standard InChI is InChI=1S/C17H21N5O/c1-3-5-6-7-9-22-16-12(10-19-22)15(18)14-13(20-16)11-21(8-4-2)17(14)23/h10H,4,6-9,11H2,1-2H3,(H2,18,20). The lowest BCUT2D eigenvalue weighted by Crippen LogP contribution is -2.24. The van der Waals surface area contributed by atoms with Crippen molar-refractivity contribution < 1.29 is 4.79 Å². The zero-order valence-corrected chi connectivity index (χ0v) is 13.6. The molecule has 6 nitrogen and oxygen atoms in total. The molecule has 0 atom stereocenters. The average Bonchev–Trinajstić information content (AvgIpc) is 3.07. The summed E-state index contributed by atoms with van der Waals surface area (Å²) in [6.45, 7) is 5.91. The Morgan fingerprint density at radius 2 is 2.22 bits per heavy atom. The summed E-state index contributed by atoms with van der Waals surface area (Å²) in [6, 6.07) is 0. The molecule has 2 aromatic rings. The highest BCUT2D eigenvalue weighted by atomic mass is 16.2. The number of rotatable bonds is 5. The Morgan fingerprint density at radius 3 is 2.96 bits per heavy atom. The van der Waals surface area contributed by atoms with Gasteiger partial charge in [-0.25, -0.2) is 9.67 Å². The first-order chi connectivity index (χ1) is 11.2. The van der Waals surface area contributed by atoms with Crippen LogP contribution in [0.5, 0.6) is 0 Å². The summed E-state index contributed by atoms with van der Waals surface area (Å²) in [7, 11) is 0. The van der Waals surface area contributed by atoms with Gasteiger partial charge in [-0.15, -0.1) is 11.8 Å². The number of carbonyl (C=O) groups is 1. The molecule has 1 amide bonds. The third-order valence-corrected chi connectivity index (χ3v) is 4.08. The number of carbonyl (C=O) groups excluding carboxylic acids is 1. The van der Waals surface area contributed by atoms with E-state index < -0.39 is 0 Å². The van der Waals surface area contributed by atoms with Crippen molar-refractivity contribution in [3.63, 3.8) is 0 Å². The van der Waals surface area contributed by atoms with Crippen LogP contribution in [0.25, 0.3) is 11.0 Å². The van der Waals surface area contributed by atoms with Gasteiger partial charge in [0.15, 0.2) is 5.65 Å². The number of fused-ring (bicyclic) bond motifs is 2. The molecule has 2 aromatic heterocycles. The van der Waals surface area contributed by atoms with E-state index in [2.05, 4.69) is 28.8 Å².